The van der Waals surface area contributed by atoms with E-state index >= 15 is 0 Å². The van der Waals surface area contributed by atoms with E-state index in [1.165, 1.54) is 4.70 Å². The van der Waals surface area contributed by atoms with E-state index in [1.807, 2.05) is 77.5 Å². The zero-order valence-corrected chi connectivity index (χ0v) is 17.1. The van der Waals surface area contributed by atoms with Crippen LogP contribution >= 0.6 is 11.3 Å². The van der Waals surface area contributed by atoms with Crippen molar-refractivity contribution in [2.75, 3.05) is 5.32 Å². The van der Waals surface area contributed by atoms with Crippen molar-refractivity contribution in [1.29, 1.82) is 0 Å². The van der Waals surface area contributed by atoms with Gasteiger partial charge in [-0.05, 0) is 49.2 Å². The Labute approximate surface area is 178 Å². The van der Waals surface area contributed by atoms with Crippen molar-refractivity contribution >= 4 is 38.8 Å². The Hall–Kier alpha value is -3.51. The third-order valence-electron chi connectivity index (χ3n) is 4.96. The first kappa shape index (κ1) is 18.5. The third-order valence-corrected chi connectivity index (χ3v) is 6.06. The lowest BCUT2D eigenvalue weighted by atomic mass is 10.1. The predicted molar refractivity (Wildman–Crippen MR) is 122 cm³/mol. The quantitative estimate of drug-likeness (QED) is 0.396. The SMILES string of the molecule is O=C(CCCc1nc2ccccc2s1)Nc1ccc(-c2cn3ccccc3n2)cc1. The average molecular weight is 413 g/mol. The Morgan fingerprint density at radius 2 is 1.80 bits per heavy atom. The van der Waals surface area contributed by atoms with Crippen LogP contribution in [0, 0.1) is 0 Å². The van der Waals surface area contributed by atoms with Gasteiger partial charge in [-0.1, -0.05) is 30.3 Å². The summed E-state index contributed by atoms with van der Waals surface area (Å²) in [4.78, 5) is 21.6. The molecule has 0 aliphatic carbocycles. The summed E-state index contributed by atoms with van der Waals surface area (Å²) in [5, 5.41) is 4.06. The lowest BCUT2D eigenvalue weighted by molar-refractivity contribution is -0.116. The van der Waals surface area contributed by atoms with Crippen LogP contribution in [0.2, 0.25) is 0 Å². The van der Waals surface area contributed by atoms with Gasteiger partial charge in [0.25, 0.3) is 0 Å². The molecule has 5 rings (SSSR count). The number of nitrogens with one attached hydrogen (secondary N) is 1. The number of benzene rings is 2. The molecule has 0 saturated heterocycles. The van der Waals surface area contributed by atoms with Crippen LogP contribution in [-0.2, 0) is 11.2 Å². The number of anilines is 1. The van der Waals surface area contributed by atoms with Gasteiger partial charge in [-0.2, -0.15) is 0 Å². The van der Waals surface area contributed by atoms with Crippen molar-refractivity contribution in [2.45, 2.75) is 19.3 Å². The maximum atomic E-state index is 12.3. The number of para-hydroxylation sites is 1. The Morgan fingerprint density at radius 1 is 0.967 bits per heavy atom. The Kier molecular flexibility index (Phi) is 4.99. The first-order chi connectivity index (χ1) is 14.7. The lowest BCUT2D eigenvalue weighted by Gasteiger charge is -2.05. The minimum Gasteiger partial charge on any atom is -0.326 e. The number of pyridine rings is 1. The van der Waals surface area contributed by atoms with Crippen molar-refractivity contribution in [3.8, 4) is 11.3 Å². The molecule has 0 aliphatic heterocycles. The molecule has 0 radical (unpaired) electrons. The number of aromatic nitrogens is 3. The topological polar surface area (TPSA) is 59.3 Å². The first-order valence-corrected chi connectivity index (χ1v) is 10.7. The van der Waals surface area contributed by atoms with Crippen molar-refractivity contribution in [3.05, 3.63) is 84.1 Å². The van der Waals surface area contributed by atoms with Gasteiger partial charge in [0.15, 0.2) is 0 Å². The predicted octanol–water partition coefficient (Wildman–Crippen LogP) is 5.57. The smallest absolute Gasteiger partial charge is 0.224 e. The summed E-state index contributed by atoms with van der Waals surface area (Å²) in [5.74, 6) is 0.0246. The van der Waals surface area contributed by atoms with Crippen molar-refractivity contribution < 1.29 is 4.79 Å². The van der Waals surface area contributed by atoms with E-state index < -0.39 is 0 Å². The summed E-state index contributed by atoms with van der Waals surface area (Å²) in [6.07, 6.45) is 6.06. The lowest BCUT2D eigenvalue weighted by Crippen LogP contribution is -2.11. The first-order valence-electron chi connectivity index (χ1n) is 9.93. The largest absolute Gasteiger partial charge is 0.326 e. The average Bonchev–Trinajstić information content (AvgIpc) is 3.38. The van der Waals surface area contributed by atoms with Gasteiger partial charge in [-0.25, -0.2) is 9.97 Å². The number of thiazole rings is 1. The molecule has 6 heteroatoms. The van der Waals surface area contributed by atoms with Gasteiger partial charge in [-0.3, -0.25) is 4.79 Å². The molecule has 30 heavy (non-hydrogen) atoms. The van der Waals surface area contributed by atoms with Crippen molar-refractivity contribution in [2.24, 2.45) is 0 Å². The summed E-state index contributed by atoms with van der Waals surface area (Å²) in [5.41, 5.74) is 4.68. The highest BCUT2D eigenvalue weighted by Gasteiger charge is 2.08. The molecule has 3 heterocycles. The Morgan fingerprint density at radius 3 is 2.63 bits per heavy atom. The number of rotatable bonds is 6. The number of nitrogens with zero attached hydrogens (tertiary/aromatic N) is 3. The van der Waals surface area contributed by atoms with E-state index in [2.05, 4.69) is 21.4 Å². The maximum Gasteiger partial charge on any atom is 0.224 e. The number of aryl methyl sites for hydroxylation is 1. The molecule has 1 N–H and O–H groups in total. The minimum atomic E-state index is 0.0246. The number of carbonyl (C=O) groups is 1. The number of fused-ring (bicyclic) bond motifs is 2. The molecule has 148 valence electrons. The van der Waals surface area contributed by atoms with E-state index in [0.29, 0.717) is 6.42 Å². The summed E-state index contributed by atoms with van der Waals surface area (Å²) >= 11 is 1.70. The molecule has 0 spiro atoms. The van der Waals surface area contributed by atoms with Crippen LogP contribution in [0.4, 0.5) is 5.69 Å². The highest BCUT2D eigenvalue weighted by Crippen LogP contribution is 2.23. The Balaban J connectivity index is 1.16. The van der Waals surface area contributed by atoms with Gasteiger partial charge in [0.2, 0.25) is 5.91 Å². The van der Waals surface area contributed by atoms with E-state index in [4.69, 9.17) is 0 Å². The van der Waals surface area contributed by atoms with Crippen LogP contribution in [0.5, 0.6) is 0 Å². The summed E-state index contributed by atoms with van der Waals surface area (Å²) in [7, 11) is 0. The van der Waals surface area contributed by atoms with Crippen LogP contribution in [0.1, 0.15) is 17.8 Å². The molecule has 1 amide bonds. The van der Waals surface area contributed by atoms with Crippen LogP contribution in [-0.4, -0.2) is 20.3 Å². The zero-order chi connectivity index (χ0) is 20.3. The fourth-order valence-corrected chi connectivity index (χ4v) is 4.46. The standard InChI is InChI=1S/C24H20N4OS/c29-23(9-5-10-24-27-19-6-1-2-7-21(19)30-24)25-18-13-11-17(12-14-18)20-16-28-15-4-3-8-22(28)26-20/h1-4,6-8,11-16H,5,9-10H2,(H,25,29). The fourth-order valence-electron chi connectivity index (χ4n) is 3.45. The molecule has 0 fully saturated rings. The third kappa shape index (κ3) is 3.95. The zero-order valence-electron chi connectivity index (χ0n) is 16.3. The van der Waals surface area contributed by atoms with E-state index in [-0.39, 0.29) is 5.91 Å². The summed E-state index contributed by atoms with van der Waals surface area (Å²) in [6.45, 7) is 0. The molecule has 5 nitrogen and oxygen atoms in total. The van der Waals surface area contributed by atoms with Crippen LogP contribution in [0.3, 0.4) is 0 Å². The van der Waals surface area contributed by atoms with Crippen molar-refractivity contribution in [3.63, 3.8) is 0 Å². The molecular weight excluding hydrogens is 392 g/mol. The van der Waals surface area contributed by atoms with Crippen LogP contribution < -0.4 is 5.32 Å². The van der Waals surface area contributed by atoms with Gasteiger partial charge >= 0.3 is 0 Å². The van der Waals surface area contributed by atoms with E-state index in [0.717, 1.165) is 46.0 Å². The monoisotopic (exact) mass is 412 g/mol. The van der Waals surface area contributed by atoms with Crippen molar-refractivity contribution in [1.82, 2.24) is 14.4 Å². The normalized spacial score (nSPS) is 11.2. The molecule has 5 aromatic rings. The molecule has 0 aliphatic rings. The molecule has 3 aromatic heterocycles. The molecule has 0 bridgehead atoms. The Bertz CT molecular complexity index is 1250. The van der Waals surface area contributed by atoms with Gasteiger partial charge in [0, 0.05) is 30.1 Å². The van der Waals surface area contributed by atoms with E-state index in [1.54, 1.807) is 11.3 Å². The van der Waals surface area contributed by atoms with Gasteiger partial charge in [0.1, 0.15) is 5.65 Å². The highest BCUT2D eigenvalue weighted by atomic mass is 32.1. The number of carbonyl (C=O) groups excluding carboxylic acids is 1. The van der Waals surface area contributed by atoms with E-state index in [9.17, 15) is 4.79 Å². The number of hydrogen-bond acceptors (Lipinski definition) is 4. The molecule has 2 aromatic carbocycles. The summed E-state index contributed by atoms with van der Waals surface area (Å²) < 4.78 is 3.19. The molecular formula is C24H20N4OS. The number of hydrogen-bond donors (Lipinski definition) is 1. The molecule has 0 saturated carbocycles. The van der Waals surface area contributed by atoms with Gasteiger partial charge < -0.3 is 9.72 Å². The second-order valence-electron chi connectivity index (χ2n) is 7.15. The summed E-state index contributed by atoms with van der Waals surface area (Å²) in [6, 6.07) is 21.9. The molecule has 0 unspecified atom stereocenters. The second kappa shape index (κ2) is 8.08. The fraction of sp³-hybridized carbons (Fsp3) is 0.125. The van der Waals surface area contributed by atoms with Gasteiger partial charge in [0.05, 0.1) is 20.9 Å². The maximum absolute atomic E-state index is 12.3. The second-order valence-corrected chi connectivity index (χ2v) is 8.26. The van der Waals surface area contributed by atoms with Crippen LogP contribution in [0.25, 0.3) is 27.1 Å². The molecule has 0 atom stereocenters. The number of imidazole rings is 1. The highest BCUT2D eigenvalue weighted by molar-refractivity contribution is 7.18. The minimum absolute atomic E-state index is 0.0246. The van der Waals surface area contributed by atoms with Crippen LogP contribution in [0.15, 0.2) is 79.1 Å². The van der Waals surface area contributed by atoms with Gasteiger partial charge in [-0.15, -0.1) is 11.3 Å². The number of amides is 1.